The van der Waals surface area contributed by atoms with Gasteiger partial charge in [0.1, 0.15) is 10.8 Å². The van der Waals surface area contributed by atoms with E-state index in [4.69, 9.17) is 22.1 Å². The van der Waals surface area contributed by atoms with Gasteiger partial charge in [-0.05, 0) is 12.5 Å². The van der Waals surface area contributed by atoms with Gasteiger partial charge < -0.3 is 10.5 Å². The molecule has 1 aromatic heterocycles. The molecule has 0 atom stereocenters. The summed E-state index contributed by atoms with van der Waals surface area (Å²) in [4.78, 5) is 12.3. The van der Waals surface area contributed by atoms with Crippen molar-refractivity contribution in [2.24, 2.45) is 0 Å². The second kappa shape index (κ2) is 7.42. The molecule has 3 N–H and O–H groups in total. The monoisotopic (exact) mass is 340 g/mol. The van der Waals surface area contributed by atoms with Crippen molar-refractivity contribution in [1.82, 2.24) is 10.2 Å². The van der Waals surface area contributed by atoms with E-state index < -0.39 is 0 Å². The van der Waals surface area contributed by atoms with Gasteiger partial charge in [0.25, 0.3) is 5.91 Å². The van der Waals surface area contributed by atoms with Gasteiger partial charge in [-0.1, -0.05) is 36.3 Å². The molecule has 118 valence electrons. The number of methoxy groups -OCH3 is 1. The number of hydrogen-bond donors (Lipinski definition) is 2. The number of ether oxygens (including phenoxy) is 1. The number of benzene rings is 1. The Labute approximate surface area is 137 Å². The fraction of sp³-hybridized carbons (Fsp3) is 0.357. The summed E-state index contributed by atoms with van der Waals surface area (Å²) in [7, 11) is 1.47. The van der Waals surface area contributed by atoms with Crippen LogP contribution in [0.15, 0.2) is 12.1 Å². The van der Waals surface area contributed by atoms with E-state index in [2.05, 4.69) is 22.4 Å². The zero-order valence-corrected chi connectivity index (χ0v) is 13.9. The van der Waals surface area contributed by atoms with Gasteiger partial charge in [0, 0.05) is 12.5 Å². The summed E-state index contributed by atoms with van der Waals surface area (Å²) in [6.45, 7) is 2.11. The Balaban J connectivity index is 2.15. The van der Waals surface area contributed by atoms with E-state index in [0.29, 0.717) is 27.2 Å². The number of nitrogens with one attached hydrogen (secondary N) is 1. The highest BCUT2D eigenvalue weighted by Gasteiger charge is 2.17. The van der Waals surface area contributed by atoms with Gasteiger partial charge in [0.15, 0.2) is 0 Å². The third-order valence-electron chi connectivity index (χ3n) is 2.99. The number of nitrogens with two attached hydrogens (primary N) is 1. The maximum Gasteiger partial charge on any atom is 0.261 e. The van der Waals surface area contributed by atoms with Gasteiger partial charge in [-0.15, -0.1) is 10.2 Å². The molecule has 0 aliphatic rings. The number of aromatic nitrogens is 2. The Morgan fingerprint density at radius 1 is 1.45 bits per heavy atom. The van der Waals surface area contributed by atoms with Crippen LogP contribution >= 0.6 is 22.9 Å². The van der Waals surface area contributed by atoms with E-state index in [0.717, 1.165) is 24.3 Å². The molecular weight excluding hydrogens is 324 g/mol. The van der Waals surface area contributed by atoms with Gasteiger partial charge in [-0.2, -0.15) is 0 Å². The van der Waals surface area contributed by atoms with Gasteiger partial charge in [-0.3, -0.25) is 10.1 Å². The number of amides is 1. The zero-order chi connectivity index (χ0) is 16.1. The maximum absolute atomic E-state index is 12.3. The number of nitrogens with zero attached hydrogens (tertiary/aromatic N) is 2. The summed E-state index contributed by atoms with van der Waals surface area (Å²) < 4.78 is 5.17. The number of rotatable bonds is 6. The van der Waals surface area contributed by atoms with Crippen LogP contribution < -0.4 is 15.8 Å². The molecule has 8 heteroatoms. The van der Waals surface area contributed by atoms with Gasteiger partial charge in [0.05, 0.1) is 23.4 Å². The molecule has 0 saturated carbocycles. The molecule has 0 spiro atoms. The molecule has 0 unspecified atom stereocenters. The molecule has 0 bridgehead atoms. The van der Waals surface area contributed by atoms with Crippen LogP contribution in [0.3, 0.4) is 0 Å². The minimum atomic E-state index is -0.364. The van der Waals surface area contributed by atoms with E-state index >= 15 is 0 Å². The van der Waals surface area contributed by atoms with Crippen LogP contribution in [0.5, 0.6) is 5.75 Å². The molecule has 22 heavy (non-hydrogen) atoms. The Morgan fingerprint density at radius 2 is 2.23 bits per heavy atom. The van der Waals surface area contributed by atoms with E-state index in [-0.39, 0.29) is 5.91 Å². The predicted octanol–water partition coefficient (Wildman–Crippen LogP) is 3.38. The van der Waals surface area contributed by atoms with Crippen LogP contribution in [0.4, 0.5) is 10.8 Å². The summed E-state index contributed by atoms with van der Waals surface area (Å²) >= 11 is 7.33. The number of hydrogen-bond acceptors (Lipinski definition) is 6. The number of carbonyl (C=O) groups excluding carboxylic acids is 1. The van der Waals surface area contributed by atoms with E-state index in [1.807, 2.05) is 0 Å². The van der Waals surface area contributed by atoms with Crippen molar-refractivity contribution in [2.45, 2.75) is 26.2 Å². The van der Waals surface area contributed by atoms with Crippen LogP contribution in [0.1, 0.15) is 35.1 Å². The van der Waals surface area contributed by atoms with Crippen LogP contribution in [0.2, 0.25) is 5.02 Å². The molecule has 1 aromatic carbocycles. The van der Waals surface area contributed by atoms with Crippen LogP contribution in [-0.4, -0.2) is 23.2 Å². The number of anilines is 2. The summed E-state index contributed by atoms with van der Waals surface area (Å²) in [6.07, 6.45) is 2.99. The van der Waals surface area contributed by atoms with Crippen molar-refractivity contribution in [1.29, 1.82) is 0 Å². The molecule has 0 saturated heterocycles. The fourth-order valence-electron chi connectivity index (χ4n) is 1.81. The highest BCUT2D eigenvalue weighted by Crippen LogP contribution is 2.29. The van der Waals surface area contributed by atoms with Crippen molar-refractivity contribution in [3.63, 3.8) is 0 Å². The van der Waals surface area contributed by atoms with Crippen LogP contribution in [0.25, 0.3) is 0 Å². The Morgan fingerprint density at radius 3 is 2.91 bits per heavy atom. The zero-order valence-electron chi connectivity index (χ0n) is 12.4. The van der Waals surface area contributed by atoms with Crippen LogP contribution in [-0.2, 0) is 6.42 Å². The second-order valence-corrected chi connectivity index (χ2v) is 6.10. The van der Waals surface area contributed by atoms with Crippen molar-refractivity contribution in [2.75, 3.05) is 18.2 Å². The van der Waals surface area contributed by atoms with E-state index in [1.165, 1.54) is 30.6 Å². The van der Waals surface area contributed by atoms with E-state index in [1.54, 1.807) is 0 Å². The lowest BCUT2D eigenvalue weighted by Crippen LogP contribution is -2.13. The van der Waals surface area contributed by atoms with Crippen LogP contribution in [0, 0.1) is 0 Å². The second-order valence-electron chi connectivity index (χ2n) is 4.63. The van der Waals surface area contributed by atoms with Gasteiger partial charge in [0.2, 0.25) is 5.13 Å². The van der Waals surface area contributed by atoms with Crippen molar-refractivity contribution >= 4 is 39.7 Å². The standard InChI is InChI=1S/C14H17ClN4O2S/c1-3-4-5-12-18-19-14(22-12)17-13(20)8-6-9(15)10(16)7-11(8)21-2/h6-7H,3-5,16H2,1-2H3,(H,17,19,20). The smallest absolute Gasteiger partial charge is 0.261 e. The first-order chi connectivity index (χ1) is 10.5. The lowest BCUT2D eigenvalue weighted by molar-refractivity contribution is 0.102. The van der Waals surface area contributed by atoms with Gasteiger partial charge in [-0.25, -0.2) is 0 Å². The topological polar surface area (TPSA) is 90.1 Å². The largest absolute Gasteiger partial charge is 0.496 e. The highest BCUT2D eigenvalue weighted by molar-refractivity contribution is 7.15. The average Bonchev–Trinajstić information content (AvgIpc) is 2.94. The van der Waals surface area contributed by atoms with Crippen molar-refractivity contribution in [3.8, 4) is 5.75 Å². The predicted molar refractivity (Wildman–Crippen MR) is 88.9 cm³/mol. The first-order valence-electron chi connectivity index (χ1n) is 6.81. The Kier molecular flexibility index (Phi) is 5.57. The summed E-state index contributed by atoms with van der Waals surface area (Å²) in [5.74, 6) is -0.00735. The molecule has 6 nitrogen and oxygen atoms in total. The highest BCUT2D eigenvalue weighted by atomic mass is 35.5. The molecule has 0 radical (unpaired) electrons. The lowest BCUT2D eigenvalue weighted by atomic mass is 10.1. The molecule has 0 aliphatic carbocycles. The first kappa shape index (κ1) is 16.5. The number of carbonyl (C=O) groups is 1. The summed E-state index contributed by atoms with van der Waals surface area (Å²) in [5, 5.41) is 12.4. The first-order valence-corrected chi connectivity index (χ1v) is 8.01. The number of halogens is 1. The Hall–Kier alpha value is -1.86. The minimum Gasteiger partial charge on any atom is -0.496 e. The van der Waals surface area contributed by atoms with E-state index in [9.17, 15) is 4.79 Å². The SMILES string of the molecule is CCCCc1nnc(NC(=O)c2cc(Cl)c(N)cc2OC)s1. The molecular formula is C14H17ClN4O2S. The van der Waals surface area contributed by atoms with Gasteiger partial charge >= 0.3 is 0 Å². The van der Waals surface area contributed by atoms with Crippen molar-refractivity contribution < 1.29 is 9.53 Å². The lowest BCUT2D eigenvalue weighted by Gasteiger charge is -2.09. The Bertz CT molecular complexity index is 675. The quantitative estimate of drug-likeness (QED) is 0.787. The molecule has 2 rings (SSSR count). The number of aryl methyl sites for hydroxylation is 1. The summed E-state index contributed by atoms with van der Waals surface area (Å²) in [6, 6.07) is 2.99. The molecule has 0 aliphatic heterocycles. The molecule has 2 aromatic rings. The third kappa shape index (κ3) is 3.86. The minimum absolute atomic E-state index is 0.298. The fourth-order valence-corrected chi connectivity index (χ4v) is 2.75. The third-order valence-corrected chi connectivity index (χ3v) is 4.22. The average molecular weight is 341 g/mol. The van der Waals surface area contributed by atoms with Crippen molar-refractivity contribution in [3.05, 3.63) is 27.7 Å². The number of nitrogen functional groups attached to an aromatic ring is 1. The normalized spacial score (nSPS) is 10.5. The number of unbranched alkanes of at least 4 members (excludes halogenated alkanes) is 1. The molecule has 0 fully saturated rings. The molecule has 1 amide bonds. The summed E-state index contributed by atoms with van der Waals surface area (Å²) in [5.41, 5.74) is 6.36. The molecule has 1 heterocycles. The maximum atomic E-state index is 12.3.